The van der Waals surface area contributed by atoms with Gasteiger partial charge < -0.3 is 24.8 Å². The van der Waals surface area contributed by atoms with Crippen LogP contribution in [0.2, 0.25) is 0 Å². The second-order valence-electron chi connectivity index (χ2n) is 18.0. The molecule has 326 valence electrons. The van der Waals surface area contributed by atoms with Crippen LogP contribution in [0.5, 0.6) is 0 Å². The van der Waals surface area contributed by atoms with Gasteiger partial charge in [-0.2, -0.15) is 0 Å². The molecule has 9 nitrogen and oxygen atoms in total. The summed E-state index contributed by atoms with van der Waals surface area (Å²) in [5.41, 5.74) is 19.8. The molecule has 0 fully saturated rings. The van der Waals surface area contributed by atoms with Gasteiger partial charge in [0.1, 0.15) is 13.2 Å². The Morgan fingerprint density at radius 1 is 0.562 bits per heavy atom. The van der Waals surface area contributed by atoms with Crippen molar-refractivity contribution in [3.8, 4) is 45.0 Å². The van der Waals surface area contributed by atoms with Gasteiger partial charge in [0.25, 0.3) is 0 Å². The van der Waals surface area contributed by atoms with Crippen molar-refractivity contribution in [2.24, 2.45) is 5.41 Å². The standard InChI is InChI=1S/C54H55N5O4S/c1-11-54(9,10)52(60)62-21-20-55-53(61)63-22-23-64-43-19-18-34(8)50-41-26-39-48-32(6)15-14-30(4)46(48)37(57-39)24-35-44-28(2)12-13-29(3)45(44)36(56-35)25-38-47-31(5)16-17-33(7)49(47)40(58-38)27-42(59-41)51(43)50/h12-19,24-27,56,59H,11,20-23H2,1-10H3,(H,55,61). The number of alkyl carbamates (subject to hydrolysis) is 1. The van der Waals surface area contributed by atoms with E-state index in [9.17, 15) is 9.59 Å². The topological polar surface area (TPSA) is 122 Å². The molecule has 9 rings (SSSR count). The lowest BCUT2D eigenvalue weighted by molar-refractivity contribution is -0.153. The number of aryl methyl sites for hydroxylation is 7. The molecule has 0 atom stereocenters. The van der Waals surface area contributed by atoms with E-state index in [2.05, 4.69) is 137 Å². The van der Waals surface area contributed by atoms with Crippen molar-refractivity contribution in [2.75, 3.05) is 25.5 Å². The van der Waals surface area contributed by atoms with Gasteiger partial charge in [-0.25, -0.2) is 14.8 Å². The van der Waals surface area contributed by atoms with Crippen LogP contribution < -0.4 is 5.32 Å². The first-order chi connectivity index (χ1) is 30.6. The first-order valence-electron chi connectivity index (χ1n) is 22.1. The van der Waals surface area contributed by atoms with Crippen LogP contribution >= 0.6 is 11.8 Å². The summed E-state index contributed by atoms with van der Waals surface area (Å²) in [5.74, 6) is 0.247. The van der Waals surface area contributed by atoms with Crippen molar-refractivity contribution in [3.05, 3.63) is 112 Å². The Hall–Kier alpha value is -6.39. The predicted octanol–water partition coefficient (Wildman–Crippen LogP) is 13.2. The van der Waals surface area contributed by atoms with Crippen LogP contribution in [0.4, 0.5) is 4.79 Å². The molecule has 0 saturated heterocycles. The van der Waals surface area contributed by atoms with Crippen molar-refractivity contribution >= 4 is 67.4 Å². The van der Waals surface area contributed by atoms with Gasteiger partial charge in [0, 0.05) is 76.5 Å². The molecule has 1 amide bonds. The zero-order valence-electron chi connectivity index (χ0n) is 38.4. The number of esters is 1. The van der Waals surface area contributed by atoms with Crippen LogP contribution in [0.1, 0.15) is 66.1 Å². The van der Waals surface area contributed by atoms with E-state index in [1.54, 1.807) is 11.8 Å². The molecule has 7 aromatic rings. The Labute approximate surface area is 378 Å². The number of hydrogen-bond donors (Lipinski definition) is 3. The average Bonchev–Trinajstić information content (AvgIpc) is 4.02. The van der Waals surface area contributed by atoms with Gasteiger partial charge in [-0.1, -0.05) is 49.4 Å². The van der Waals surface area contributed by atoms with Crippen LogP contribution in [-0.2, 0) is 14.3 Å². The van der Waals surface area contributed by atoms with Crippen molar-refractivity contribution in [1.29, 1.82) is 0 Å². The largest absolute Gasteiger partial charge is 0.463 e. The van der Waals surface area contributed by atoms with Gasteiger partial charge in [-0.3, -0.25) is 4.79 Å². The maximum Gasteiger partial charge on any atom is 0.407 e. The number of amides is 1. The highest BCUT2D eigenvalue weighted by molar-refractivity contribution is 7.99. The number of benzene rings is 4. The lowest BCUT2D eigenvalue weighted by Gasteiger charge is -2.20. The lowest BCUT2D eigenvalue weighted by Crippen LogP contribution is -2.32. The second kappa shape index (κ2) is 16.6. The quantitative estimate of drug-likeness (QED) is 0.0750. The van der Waals surface area contributed by atoms with Crippen molar-refractivity contribution in [2.45, 2.75) is 80.6 Å². The van der Waals surface area contributed by atoms with Crippen LogP contribution in [0, 0.1) is 53.9 Å². The molecule has 3 N–H and O–H groups in total. The van der Waals surface area contributed by atoms with Gasteiger partial charge >= 0.3 is 12.1 Å². The Balaban J connectivity index is 1.21. The van der Waals surface area contributed by atoms with Crippen LogP contribution in [0.3, 0.4) is 0 Å². The number of hydrogen-bond acceptors (Lipinski definition) is 7. The van der Waals surface area contributed by atoms with Gasteiger partial charge in [0.15, 0.2) is 0 Å². The Morgan fingerprint density at radius 2 is 0.953 bits per heavy atom. The summed E-state index contributed by atoms with van der Waals surface area (Å²) in [5, 5.41) is 7.27. The summed E-state index contributed by atoms with van der Waals surface area (Å²) in [6.45, 7) is 21.3. The number of fused-ring (bicyclic) bond motifs is 20. The third kappa shape index (κ3) is 7.51. The number of carbonyl (C=O) groups excluding carboxylic acids is 2. The fourth-order valence-corrected chi connectivity index (χ4v) is 10.2. The first-order valence-corrected chi connectivity index (χ1v) is 23.1. The number of ether oxygens (including phenoxy) is 2. The minimum atomic E-state index is -0.564. The normalized spacial score (nSPS) is 12.1. The molecular formula is C54H55N5O4S. The molecule has 5 heterocycles. The van der Waals surface area contributed by atoms with Gasteiger partial charge in [-0.15, -0.1) is 11.8 Å². The number of thioether (sulfide) groups is 1. The third-order valence-corrected chi connectivity index (χ3v) is 14.1. The van der Waals surface area contributed by atoms with Crippen molar-refractivity contribution in [3.63, 3.8) is 0 Å². The van der Waals surface area contributed by atoms with Crippen LogP contribution in [0.15, 0.2) is 77.7 Å². The van der Waals surface area contributed by atoms with Crippen LogP contribution in [-0.4, -0.2) is 57.5 Å². The number of rotatable bonds is 9. The Morgan fingerprint density at radius 3 is 1.39 bits per heavy atom. The molecule has 8 bridgehead atoms. The SMILES string of the molecule is CCC(C)(C)C(=O)OCCNC(=O)OCCSc1ccc(C)c2c3cc4nc(cc5[nH]c(cc6nc(cc([nH]3)c12)-c1c(C)ccc(C)c1-6)c1c(C)ccc(C)c51)-c1c(C)ccc(C)c1-4. The number of nitrogens with one attached hydrogen (secondary N) is 3. The molecule has 2 aliphatic rings. The summed E-state index contributed by atoms with van der Waals surface area (Å²) in [4.78, 5) is 44.7. The molecule has 0 aliphatic carbocycles. The lowest BCUT2D eigenvalue weighted by atomic mass is 9.91. The molecule has 10 heteroatoms. The highest BCUT2D eigenvalue weighted by atomic mass is 32.2. The van der Waals surface area contributed by atoms with E-state index in [0.717, 1.165) is 93.9 Å². The van der Waals surface area contributed by atoms with E-state index < -0.39 is 11.5 Å². The summed E-state index contributed by atoms with van der Waals surface area (Å²) in [7, 11) is 0. The van der Waals surface area contributed by atoms with E-state index >= 15 is 0 Å². The summed E-state index contributed by atoms with van der Waals surface area (Å²) < 4.78 is 10.9. The van der Waals surface area contributed by atoms with Gasteiger partial charge in [-0.05, 0) is 138 Å². The fraction of sp³-hybridized carbons (Fsp3) is 0.296. The molecule has 0 saturated carbocycles. The van der Waals surface area contributed by atoms with E-state index in [-0.39, 0.29) is 25.7 Å². The summed E-state index contributed by atoms with van der Waals surface area (Å²) in [6.07, 6.45) is 0.123. The van der Waals surface area contributed by atoms with Crippen LogP contribution in [0.25, 0.3) is 88.6 Å². The predicted molar refractivity (Wildman–Crippen MR) is 263 cm³/mol. The van der Waals surface area contributed by atoms with Crippen molar-refractivity contribution in [1.82, 2.24) is 25.3 Å². The zero-order chi connectivity index (χ0) is 45.2. The molecule has 3 aromatic heterocycles. The zero-order valence-corrected chi connectivity index (χ0v) is 39.2. The smallest absolute Gasteiger partial charge is 0.407 e. The minimum Gasteiger partial charge on any atom is -0.463 e. The maximum absolute atomic E-state index is 12.6. The summed E-state index contributed by atoms with van der Waals surface area (Å²) >= 11 is 1.64. The Bertz CT molecular complexity index is 3260. The highest BCUT2D eigenvalue weighted by Crippen LogP contribution is 2.45. The highest BCUT2D eigenvalue weighted by Gasteiger charge is 2.27. The molecular weight excluding hydrogens is 815 g/mol. The number of carbonyl (C=O) groups is 2. The average molecular weight is 870 g/mol. The molecule has 0 radical (unpaired) electrons. The third-order valence-electron chi connectivity index (χ3n) is 13.1. The van der Waals surface area contributed by atoms with Gasteiger partial charge in [0.2, 0.25) is 0 Å². The summed E-state index contributed by atoms with van der Waals surface area (Å²) in [6, 6.07) is 26.4. The van der Waals surface area contributed by atoms with E-state index in [1.807, 2.05) is 20.8 Å². The Kier molecular flexibility index (Phi) is 11.1. The molecule has 0 unspecified atom stereocenters. The molecule has 2 aliphatic heterocycles. The van der Waals surface area contributed by atoms with E-state index in [1.165, 1.54) is 38.6 Å². The van der Waals surface area contributed by atoms with E-state index in [0.29, 0.717) is 12.2 Å². The number of H-pyrrole nitrogens is 2. The first kappa shape index (κ1) is 42.9. The monoisotopic (exact) mass is 869 g/mol. The van der Waals surface area contributed by atoms with Gasteiger partial charge in [0.05, 0.1) is 34.7 Å². The number of aromatic amines is 2. The number of nitrogens with zero attached hydrogens (tertiary/aromatic N) is 2. The van der Waals surface area contributed by atoms with Crippen molar-refractivity contribution < 1.29 is 19.1 Å². The molecule has 64 heavy (non-hydrogen) atoms. The van der Waals surface area contributed by atoms with E-state index in [4.69, 9.17) is 19.4 Å². The second-order valence-corrected chi connectivity index (χ2v) is 19.1. The number of aromatic nitrogens is 4. The minimum absolute atomic E-state index is 0.0869. The molecule has 0 spiro atoms. The molecule has 4 aromatic carbocycles. The fourth-order valence-electron chi connectivity index (χ4n) is 9.26. The maximum atomic E-state index is 12.6.